The lowest BCUT2D eigenvalue weighted by Crippen LogP contribution is -2.20. The van der Waals surface area contributed by atoms with Gasteiger partial charge in [-0.15, -0.1) is 11.3 Å². The molecule has 0 fully saturated rings. The van der Waals surface area contributed by atoms with E-state index in [0.29, 0.717) is 6.42 Å². The molecule has 0 aromatic carbocycles. The Morgan fingerprint density at radius 1 is 1.67 bits per heavy atom. The van der Waals surface area contributed by atoms with Crippen LogP contribution in [0.4, 0.5) is 0 Å². The van der Waals surface area contributed by atoms with Gasteiger partial charge in [0.05, 0.1) is 5.60 Å². The van der Waals surface area contributed by atoms with Crippen LogP contribution in [0.5, 0.6) is 0 Å². The van der Waals surface area contributed by atoms with Crippen LogP contribution in [0.1, 0.15) is 18.7 Å². The highest BCUT2D eigenvalue weighted by Gasteiger charge is 2.15. The van der Waals surface area contributed by atoms with Crippen molar-refractivity contribution >= 4 is 38.9 Å². The first-order valence-electron chi connectivity index (χ1n) is 3.54. The smallest absolute Gasteiger partial charge is 0.107 e. The Hall–Kier alpha value is 0.430. The van der Waals surface area contributed by atoms with Gasteiger partial charge in [-0.3, -0.25) is 0 Å². The van der Waals surface area contributed by atoms with Gasteiger partial charge in [-0.25, -0.2) is 0 Å². The van der Waals surface area contributed by atoms with E-state index in [1.165, 1.54) is 11.3 Å². The summed E-state index contributed by atoms with van der Waals surface area (Å²) in [5.41, 5.74) is -0.659. The van der Waals surface area contributed by atoms with Crippen molar-refractivity contribution in [3.63, 3.8) is 0 Å². The van der Waals surface area contributed by atoms with E-state index < -0.39 is 5.60 Å². The minimum atomic E-state index is -0.659. The number of aliphatic hydroxyl groups is 1. The van der Waals surface area contributed by atoms with Crippen LogP contribution in [0, 0.1) is 0 Å². The highest BCUT2D eigenvalue weighted by Crippen LogP contribution is 2.33. The molecule has 4 heteroatoms. The maximum Gasteiger partial charge on any atom is 0.107 e. The average Bonchev–Trinajstić information content (AvgIpc) is 2.07. The van der Waals surface area contributed by atoms with Crippen molar-refractivity contribution in [3.05, 3.63) is 19.8 Å². The Morgan fingerprint density at radius 2 is 2.25 bits per heavy atom. The molecule has 0 amide bonds. The molecule has 0 aliphatic rings. The fraction of sp³-hybridized carbons (Fsp3) is 0.500. The van der Waals surface area contributed by atoms with Gasteiger partial charge in [-0.1, -0.05) is 11.6 Å². The van der Waals surface area contributed by atoms with Gasteiger partial charge in [-0.2, -0.15) is 0 Å². The number of halogens is 2. The Balaban J connectivity index is 2.77. The fourth-order valence-corrected chi connectivity index (χ4v) is 2.92. The first-order valence-corrected chi connectivity index (χ1v) is 5.53. The molecule has 0 aliphatic carbocycles. The van der Waals surface area contributed by atoms with Crippen molar-refractivity contribution in [2.24, 2.45) is 0 Å². The maximum atomic E-state index is 9.52. The summed E-state index contributed by atoms with van der Waals surface area (Å²) in [6.07, 6.45) is 0.642. The fourth-order valence-electron chi connectivity index (χ4n) is 0.905. The molecule has 0 aliphatic heterocycles. The minimum Gasteiger partial charge on any atom is -0.390 e. The molecule has 0 saturated heterocycles. The van der Waals surface area contributed by atoms with Gasteiger partial charge < -0.3 is 5.11 Å². The predicted molar refractivity (Wildman–Crippen MR) is 57.0 cm³/mol. The zero-order chi connectivity index (χ0) is 9.35. The van der Waals surface area contributed by atoms with Crippen LogP contribution in [-0.4, -0.2) is 10.7 Å². The van der Waals surface area contributed by atoms with E-state index in [1.54, 1.807) is 13.8 Å². The lowest BCUT2D eigenvalue weighted by Gasteiger charge is -2.14. The molecule has 0 unspecified atom stereocenters. The molecule has 1 heterocycles. The average molecular weight is 270 g/mol. The molecule has 0 radical (unpaired) electrons. The predicted octanol–water partition coefficient (Wildman–Crippen LogP) is 3.48. The second kappa shape index (κ2) is 3.66. The van der Waals surface area contributed by atoms with E-state index in [9.17, 15) is 5.11 Å². The monoisotopic (exact) mass is 268 g/mol. The summed E-state index contributed by atoms with van der Waals surface area (Å²) in [7, 11) is 0. The zero-order valence-electron chi connectivity index (χ0n) is 6.90. The molecular weight excluding hydrogens is 260 g/mol. The van der Waals surface area contributed by atoms with Crippen LogP contribution >= 0.6 is 38.9 Å². The van der Waals surface area contributed by atoms with E-state index >= 15 is 0 Å². The second-order valence-corrected chi connectivity index (χ2v) is 5.92. The van der Waals surface area contributed by atoms with Crippen molar-refractivity contribution < 1.29 is 5.11 Å². The van der Waals surface area contributed by atoms with Crippen LogP contribution in [0.15, 0.2) is 10.5 Å². The molecular formula is C8H10BrClOS. The first kappa shape index (κ1) is 10.5. The molecule has 68 valence electrons. The van der Waals surface area contributed by atoms with Gasteiger partial charge in [-0.05, 0) is 35.8 Å². The van der Waals surface area contributed by atoms with Crippen molar-refractivity contribution in [2.75, 3.05) is 0 Å². The topological polar surface area (TPSA) is 20.2 Å². The van der Waals surface area contributed by atoms with E-state index in [0.717, 1.165) is 13.7 Å². The van der Waals surface area contributed by atoms with Crippen molar-refractivity contribution in [3.8, 4) is 0 Å². The standard InChI is InChI=1S/C8H10BrClOS/c1-8(2,11)4-5-3-6(9)7(10)12-5/h3,11H,4H2,1-2H3. The number of hydrogen-bond acceptors (Lipinski definition) is 2. The summed E-state index contributed by atoms with van der Waals surface area (Å²) < 4.78 is 1.66. The van der Waals surface area contributed by atoms with E-state index in [4.69, 9.17) is 11.6 Å². The van der Waals surface area contributed by atoms with E-state index in [-0.39, 0.29) is 0 Å². The highest BCUT2D eigenvalue weighted by atomic mass is 79.9. The quantitative estimate of drug-likeness (QED) is 0.871. The summed E-state index contributed by atoms with van der Waals surface area (Å²) >= 11 is 10.7. The molecule has 1 rings (SSSR count). The molecule has 0 saturated carbocycles. The normalized spacial score (nSPS) is 12.1. The summed E-state index contributed by atoms with van der Waals surface area (Å²) in [5.74, 6) is 0. The van der Waals surface area contributed by atoms with Crippen molar-refractivity contribution in [1.29, 1.82) is 0 Å². The van der Waals surface area contributed by atoms with E-state index in [2.05, 4.69) is 15.9 Å². The zero-order valence-corrected chi connectivity index (χ0v) is 10.1. The van der Waals surface area contributed by atoms with Crippen molar-refractivity contribution in [2.45, 2.75) is 25.9 Å². The number of rotatable bonds is 2. The molecule has 1 aromatic heterocycles. The third-order valence-corrected chi connectivity index (χ3v) is 3.78. The molecule has 0 spiro atoms. The minimum absolute atomic E-state index is 0.642. The van der Waals surface area contributed by atoms with Gasteiger partial charge in [0, 0.05) is 15.8 Å². The molecule has 0 atom stereocenters. The second-order valence-electron chi connectivity index (χ2n) is 3.32. The Bertz CT molecular complexity index is 258. The largest absolute Gasteiger partial charge is 0.390 e. The molecule has 1 aromatic rings. The van der Waals surface area contributed by atoms with Crippen LogP contribution in [0.25, 0.3) is 0 Å². The van der Waals surface area contributed by atoms with Gasteiger partial charge >= 0.3 is 0 Å². The highest BCUT2D eigenvalue weighted by molar-refractivity contribution is 9.10. The summed E-state index contributed by atoms with van der Waals surface area (Å²) in [6, 6.07) is 1.95. The Labute approximate surface area is 89.5 Å². The summed E-state index contributed by atoms with van der Waals surface area (Å²) in [5, 5.41) is 9.52. The molecule has 0 bridgehead atoms. The van der Waals surface area contributed by atoms with E-state index in [1.807, 2.05) is 6.07 Å². The lowest BCUT2D eigenvalue weighted by molar-refractivity contribution is 0.0818. The van der Waals surface area contributed by atoms with Gasteiger partial charge in [0.2, 0.25) is 0 Å². The van der Waals surface area contributed by atoms with Crippen molar-refractivity contribution in [1.82, 2.24) is 0 Å². The van der Waals surface area contributed by atoms with Gasteiger partial charge in [0.15, 0.2) is 0 Å². The third-order valence-electron chi connectivity index (χ3n) is 1.30. The molecule has 12 heavy (non-hydrogen) atoms. The Kier molecular flexibility index (Phi) is 3.21. The third kappa shape index (κ3) is 3.05. The summed E-state index contributed by atoms with van der Waals surface area (Å²) in [4.78, 5) is 1.10. The van der Waals surface area contributed by atoms with Crippen LogP contribution < -0.4 is 0 Å². The Morgan fingerprint density at radius 3 is 2.58 bits per heavy atom. The van der Waals surface area contributed by atoms with Gasteiger partial charge in [0.25, 0.3) is 0 Å². The number of hydrogen-bond donors (Lipinski definition) is 1. The SMILES string of the molecule is CC(C)(O)Cc1cc(Br)c(Cl)s1. The molecule has 1 nitrogen and oxygen atoms in total. The lowest BCUT2D eigenvalue weighted by atomic mass is 10.1. The maximum absolute atomic E-state index is 9.52. The van der Waals surface area contributed by atoms with Crippen LogP contribution in [-0.2, 0) is 6.42 Å². The van der Waals surface area contributed by atoms with Gasteiger partial charge in [0.1, 0.15) is 4.34 Å². The molecule has 1 N–H and O–H groups in total. The van der Waals surface area contributed by atoms with Crippen LogP contribution in [0.3, 0.4) is 0 Å². The first-order chi connectivity index (χ1) is 5.38. The summed E-state index contributed by atoms with van der Waals surface area (Å²) in [6.45, 7) is 3.57. The number of thiophene rings is 1. The van der Waals surface area contributed by atoms with Crippen LogP contribution in [0.2, 0.25) is 4.34 Å².